The fourth-order valence-corrected chi connectivity index (χ4v) is 3.32. The Bertz CT molecular complexity index is 1420. The molecular formula is C21H20N6O4. The molecule has 0 aliphatic heterocycles. The Hall–Kier alpha value is -4.21. The van der Waals surface area contributed by atoms with Crippen LogP contribution in [-0.2, 0) is 18.4 Å². The molecule has 0 aliphatic rings. The molecule has 0 atom stereocenters. The minimum atomic E-state index is -0.633. The lowest BCUT2D eigenvalue weighted by Crippen LogP contribution is -2.41. The van der Waals surface area contributed by atoms with Gasteiger partial charge in [0.2, 0.25) is 5.91 Å². The fraction of sp³-hybridized carbons (Fsp3) is 0.190. The van der Waals surface area contributed by atoms with Gasteiger partial charge in [-0.15, -0.1) is 5.10 Å². The lowest BCUT2D eigenvalue weighted by Gasteiger charge is -2.12. The Morgan fingerprint density at radius 1 is 1.16 bits per heavy atom. The van der Waals surface area contributed by atoms with Gasteiger partial charge in [-0.1, -0.05) is 18.2 Å². The maximum absolute atomic E-state index is 13.2. The first kappa shape index (κ1) is 20.1. The largest absolute Gasteiger partial charge is 0.476 e. The number of aromatic nitrogens is 5. The smallest absolute Gasteiger partial charge is 0.352 e. The highest BCUT2D eigenvalue weighted by Crippen LogP contribution is 2.16. The first-order chi connectivity index (χ1) is 14.9. The van der Waals surface area contributed by atoms with Crippen molar-refractivity contribution in [3.05, 3.63) is 75.1 Å². The third-order valence-electron chi connectivity index (χ3n) is 4.79. The maximum Gasteiger partial charge on any atom is 0.352 e. The predicted octanol–water partition coefficient (Wildman–Crippen LogP) is 1.30. The van der Waals surface area contributed by atoms with Gasteiger partial charge < -0.3 is 10.1 Å². The molecule has 0 unspecified atom stereocenters. The van der Waals surface area contributed by atoms with Crippen LogP contribution in [0, 0.1) is 0 Å². The van der Waals surface area contributed by atoms with Crippen LogP contribution in [0.5, 0.6) is 5.88 Å². The van der Waals surface area contributed by atoms with E-state index in [4.69, 9.17) is 4.74 Å². The van der Waals surface area contributed by atoms with Gasteiger partial charge in [0.1, 0.15) is 0 Å². The highest BCUT2D eigenvalue weighted by Gasteiger charge is 2.16. The van der Waals surface area contributed by atoms with E-state index in [1.165, 1.54) is 14.0 Å². The zero-order valence-corrected chi connectivity index (χ0v) is 17.2. The molecule has 10 nitrogen and oxygen atoms in total. The number of hydrogen-bond acceptors (Lipinski definition) is 6. The van der Waals surface area contributed by atoms with Crippen LogP contribution in [0.2, 0.25) is 0 Å². The van der Waals surface area contributed by atoms with E-state index in [0.717, 1.165) is 25.7 Å². The average molecular weight is 420 g/mol. The number of amides is 1. The fourth-order valence-electron chi connectivity index (χ4n) is 3.32. The van der Waals surface area contributed by atoms with Crippen molar-refractivity contribution >= 4 is 22.5 Å². The summed E-state index contributed by atoms with van der Waals surface area (Å²) in [5.74, 6) is -0.461. The molecule has 0 spiro atoms. The second-order valence-electron chi connectivity index (χ2n) is 6.99. The Morgan fingerprint density at radius 2 is 1.97 bits per heavy atom. The van der Waals surface area contributed by atoms with Crippen LogP contribution in [-0.4, -0.2) is 37.1 Å². The number of nitrogens with one attached hydrogen (secondary N) is 1. The van der Waals surface area contributed by atoms with Gasteiger partial charge in [-0.05, 0) is 29.8 Å². The number of carbonyl (C=O) groups is 1. The maximum atomic E-state index is 13.2. The van der Waals surface area contributed by atoms with Crippen LogP contribution < -0.4 is 21.3 Å². The Labute approximate surface area is 176 Å². The van der Waals surface area contributed by atoms with E-state index in [2.05, 4.69) is 15.5 Å². The lowest BCUT2D eigenvalue weighted by atomic mass is 10.1. The summed E-state index contributed by atoms with van der Waals surface area (Å²) in [6.45, 7) is 1.42. The van der Waals surface area contributed by atoms with Gasteiger partial charge in [-0.2, -0.15) is 9.78 Å². The summed E-state index contributed by atoms with van der Waals surface area (Å²) in [5, 5.41) is 11.9. The van der Waals surface area contributed by atoms with Crippen molar-refractivity contribution in [2.45, 2.75) is 13.5 Å². The van der Waals surface area contributed by atoms with Crippen LogP contribution in [0.4, 0.5) is 5.69 Å². The van der Waals surface area contributed by atoms with Gasteiger partial charge in [-0.25, -0.2) is 9.36 Å². The van der Waals surface area contributed by atoms with Gasteiger partial charge in [-0.3, -0.25) is 14.3 Å². The molecule has 1 N–H and O–H groups in total. The van der Waals surface area contributed by atoms with Gasteiger partial charge in [0.25, 0.3) is 5.88 Å². The number of anilines is 1. The van der Waals surface area contributed by atoms with E-state index >= 15 is 0 Å². The van der Waals surface area contributed by atoms with Crippen molar-refractivity contribution in [2.24, 2.45) is 7.05 Å². The second-order valence-corrected chi connectivity index (χ2v) is 6.99. The number of ether oxygens (including phenoxy) is 1. The molecule has 0 bridgehead atoms. The Kier molecular flexibility index (Phi) is 5.12. The highest BCUT2D eigenvalue weighted by molar-refractivity contribution is 5.88. The third-order valence-corrected chi connectivity index (χ3v) is 4.79. The summed E-state index contributed by atoms with van der Waals surface area (Å²) in [6, 6.07) is 12.2. The molecule has 0 fully saturated rings. The molecule has 0 radical (unpaired) electrons. The minimum Gasteiger partial charge on any atom is -0.476 e. The molecule has 0 saturated carbocycles. The number of fused-ring (bicyclic) bond motifs is 1. The quantitative estimate of drug-likeness (QED) is 0.521. The summed E-state index contributed by atoms with van der Waals surface area (Å²) in [5.41, 5.74) is 1.25. The number of aryl methyl sites for hydroxylation is 1. The molecule has 2 aromatic carbocycles. The predicted molar refractivity (Wildman–Crippen MR) is 115 cm³/mol. The number of carbonyl (C=O) groups excluding carboxylic acids is 1. The van der Waals surface area contributed by atoms with E-state index in [-0.39, 0.29) is 18.3 Å². The van der Waals surface area contributed by atoms with Crippen molar-refractivity contribution in [2.75, 3.05) is 12.4 Å². The Morgan fingerprint density at radius 3 is 2.71 bits per heavy atom. The van der Waals surface area contributed by atoms with Crippen LogP contribution in [0.25, 0.3) is 16.6 Å². The van der Waals surface area contributed by atoms with Crippen LogP contribution in [0.15, 0.2) is 58.3 Å². The van der Waals surface area contributed by atoms with Gasteiger partial charge in [0.15, 0.2) is 0 Å². The highest BCUT2D eigenvalue weighted by atomic mass is 16.5. The minimum absolute atomic E-state index is 0.0308. The number of hydrogen-bond donors (Lipinski definition) is 1. The molecule has 158 valence electrons. The van der Waals surface area contributed by atoms with E-state index in [1.54, 1.807) is 35.1 Å². The summed E-state index contributed by atoms with van der Waals surface area (Å²) in [4.78, 5) is 37.3. The third kappa shape index (κ3) is 3.82. The zero-order chi connectivity index (χ0) is 22.1. The molecule has 31 heavy (non-hydrogen) atoms. The lowest BCUT2D eigenvalue weighted by molar-refractivity contribution is -0.114. The Balaban J connectivity index is 1.83. The normalized spacial score (nSPS) is 10.9. The molecule has 2 aromatic heterocycles. The monoisotopic (exact) mass is 420 g/mol. The first-order valence-corrected chi connectivity index (χ1v) is 9.44. The molecule has 10 heteroatoms. The zero-order valence-electron chi connectivity index (χ0n) is 17.2. The van der Waals surface area contributed by atoms with Crippen molar-refractivity contribution in [1.82, 2.24) is 24.1 Å². The van der Waals surface area contributed by atoms with Gasteiger partial charge in [0, 0.05) is 25.0 Å². The second kappa shape index (κ2) is 7.90. The summed E-state index contributed by atoms with van der Waals surface area (Å²) >= 11 is 0. The van der Waals surface area contributed by atoms with Crippen LogP contribution in [0.3, 0.4) is 0 Å². The van der Waals surface area contributed by atoms with Crippen molar-refractivity contribution in [1.29, 1.82) is 0 Å². The molecular weight excluding hydrogens is 400 g/mol. The van der Waals surface area contributed by atoms with Crippen LogP contribution >= 0.6 is 0 Å². The molecule has 2 heterocycles. The summed E-state index contributed by atoms with van der Waals surface area (Å²) in [6.07, 6.45) is 1.75. The van der Waals surface area contributed by atoms with E-state index in [1.807, 2.05) is 25.2 Å². The van der Waals surface area contributed by atoms with Gasteiger partial charge >= 0.3 is 11.2 Å². The number of rotatable bonds is 5. The van der Waals surface area contributed by atoms with Crippen LogP contribution in [0.1, 0.15) is 12.5 Å². The number of methoxy groups -OCH3 is 1. The molecule has 4 rings (SSSR count). The van der Waals surface area contributed by atoms with Gasteiger partial charge in [0.05, 0.1) is 31.1 Å². The SMILES string of the molecule is COc1nn(-c2cccc(NC(C)=O)c2)c(=O)n(Cc2ccc3cnn(C)c3c2)c1=O. The standard InChI is InChI=1S/C21H20N6O4/c1-13(28)23-16-5-4-6-17(10-16)27-21(30)26(20(29)19(24-27)31-3)12-14-7-8-15-11-22-25(2)18(15)9-14/h4-11H,12H2,1-3H3,(H,23,28). The number of nitrogens with zero attached hydrogens (tertiary/aromatic N) is 5. The summed E-state index contributed by atoms with van der Waals surface area (Å²) in [7, 11) is 3.14. The molecule has 0 aliphatic carbocycles. The number of benzene rings is 2. The van der Waals surface area contributed by atoms with E-state index < -0.39 is 11.2 Å². The average Bonchev–Trinajstić information content (AvgIpc) is 3.11. The summed E-state index contributed by atoms with van der Waals surface area (Å²) < 4.78 is 8.99. The van der Waals surface area contributed by atoms with E-state index in [9.17, 15) is 14.4 Å². The van der Waals surface area contributed by atoms with Crippen molar-refractivity contribution in [3.8, 4) is 11.6 Å². The molecule has 1 amide bonds. The molecule has 4 aromatic rings. The molecule has 0 saturated heterocycles. The first-order valence-electron chi connectivity index (χ1n) is 9.44. The van der Waals surface area contributed by atoms with Crippen molar-refractivity contribution in [3.63, 3.8) is 0 Å². The van der Waals surface area contributed by atoms with E-state index in [0.29, 0.717) is 11.4 Å². The van der Waals surface area contributed by atoms with Crippen molar-refractivity contribution < 1.29 is 9.53 Å². The topological polar surface area (TPSA) is 113 Å².